The predicted molar refractivity (Wildman–Crippen MR) is 96.4 cm³/mol. The highest BCUT2D eigenvalue weighted by Crippen LogP contribution is 2.22. The topological polar surface area (TPSA) is 70.2 Å². The van der Waals surface area contributed by atoms with Crippen LogP contribution in [0.3, 0.4) is 0 Å². The molecule has 138 valence electrons. The second-order valence-electron chi connectivity index (χ2n) is 5.99. The number of rotatable bonds is 5. The first-order valence-corrected chi connectivity index (χ1v) is 9.15. The third-order valence-corrected chi connectivity index (χ3v) is 4.95. The number of likely N-dealkylation sites (N-methyl/N-ethyl adjacent to an activating group) is 2. The van der Waals surface area contributed by atoms with Crippen LogP contribution < -0.4 is 0 Å². The molecule has 2 heterocycles. The van der Waals surface area contributed by atoms with Crippen molar-refractivity contribution in [2.45, 2.75) is 33.6 Å². The Morgan fingerprint density at radius 3 is 2.08 bits per heavy atom. The maximum atomic E-state index is 12.6. The molecular formula is C17H25N3O4S. The Bertz CT molecular complexity index is 569. The summed E-state index contributed by atoms with van der Waals surface area (Å²) in [4.78, 5) is 41.8. The van der Waals surface area contributed by atoms with Crippen LogP contribution in [-0.2, 0) is 19.1 Å². The number of ether oxygens (including phenoxy) is 1. The molecule has 0 aliphatic carbocycles. The van der Waals surface area contributed by atoms with Crippen molar-refractivity contribution in [3.63, 3.8) is 0 Å². The first-order chi connectivity index (χ1) is 11.9. The molecule has 7 nitrogen and oxygen atoms in total. The van der Waals surface area contributed by atoms with Crippen molar-refractivity contribution in [2.75, 3.05) is 32.8 Å². The number of esters is 1. The molecule has 0 unspecified atom stereocenters. The number of hydrogen-bond donors (Lipinski definition) is 0. The van der Waals surface area contributed by atoms with Gasteiger partial charge in [0.1, 0.15) is 5.57 Å². The maximum absolute atomic E-state index is 12.6. The number of carbonyl (C=O) groups is 3. The lowest BCUT2D eigenvalue weighted by atomic mass is 9.97. The molecule has 2 rings (SSSR count). The lowest BCUT2D eigenvalue weighted by Gasteiger charge is -2.37. The van der Waals surface area contributed by atoms with Crippen molar-refractivity contribution in [3.8, 4) is 0 Å². The zero-order valence-electron chi connectivity index (χ0n) is 15.0. The molecule has 0 aromatic carbocycles. The average Bonchev–Trinajstić information content (AvgIpc) is 2.60. The smallest absolute Gasteiger partial charge is 0.309 e. The molecule has 8 heteroatoms. The van der Waals surface area contributed by atoms with Crippen molar-refractivity contribution in [1.82, 2.24) is 14.7 Å². The highest BCUT2D eigenvalue weighted by molar-refractivity contribution is 7.80. The molecule has 0 saturated carbocycles. The highest BCUT2D eigenvalue weighted by atomic mass is 32.1. The Labute approximate surface area is 153 Å². The number of carbonyl (C=O) groups excluding carboxylic acids is 3. The number of likely N-dealkylation sites (tertiary alicyclic amines) is 1. The van der Waals surface area contributed by atoms with Gasteiger partial charge < -0.3 is 9.64 Å². The van der Waals surface area contributed by atoms with E-state index in [1.807, 2.05) is 18.7 Å². The molecule has 0 radical (unpaired) electrons. The van der Waals surface area contributed by atoms with Crippen LogP contribution in [0, 0.1) is 5.92 Å². The summed E-state index contributed by atoms with van der Waals surface area (Å²) in [5, 5.41) is 0.262. The molecule has 2 fully saturated rings. The van der Waals surface area contributed by atoms with E-state index in [4.69, 9.17) is 17.0 Å². The van der Waals surface area contributed by atoms with Gasteiger partial charge in [0.25, 0.3) is 11.8 Å². The minimum absolute atomic E-state index is 0.112. The predicted octanol–water partition coefficient (Wildman–Crippen LogP) is 1.14. The van der Waals surface area contributed by atoms with Gasteiger partial charge in [0.05, 0.1) is 12.5 Å². The van der Waals surface area contributed by atoms with Gasteiger partial charge in [-0.05, 0) is 45.8 Å². The normalized spacial score (nSPS) is 19.6. The van der Waals surface area contributed by atoms with Crippen molar-refractivity contribution >= 4 is 35.1 Å². The molecule has 2 aliphatic heterocycles. The molecule has 0 bridgehead atoms. The van der Waals surface area contributed by atoms with E-state index in [1.54, 1.807) is 13.1 Å². The van der Waals surface area contributed by atoms with Crippen molar-refractivity contribution in [3.05, 3.63) is 11.8 Å². The minimum Gasteiger partial charge on any atom is -0.466 e. The van der Waals surface area contributed by atoms with E-state index >= 15 is 0 Å². The van der Waals surface area contributed by atoms with Gasteiger partial charge in [-0.1, -0.05) is 0 Å². The molecule has 2 amide bonds. The average molecular weight is 367 g/mol. The van der Waals surface area contributed by atoms with Gasteiger partial charge in [0.15, 0.2) is 5.11 Å². The fourth-order valence-electron chi connectivity index (χ4n) is 3.08. The van der Waals surface area contributed by atoms with Gasteiger partial charge in [-0.25, -0.2) is 0 Å². The summed E-state index contributed by atoms with van der Waals surface area (Å²) in [5.74, 6) is -0.983. The Hall–Kier alpha value is -1.96. The van der Waals surface area contributed by atoms with Crippen molar-refractivity contribution < 1.29 is 19.1 Å². The summed E-state index contributed by atoms with van der Waals surface area (Å²) >= 11 is 5.25. The molecule has 0 spiro atoms. The van der Waals surface area contributed by atoms with Gasteiger partial charge in [-0.3, -0.25) is 24.2 Å². The van der Waals surface area contributed by atoms with Crippen LogP contribution in [0.15, 0.2) is 11.8 Å². The second kappa shape index (κ2) is 8.42. The van der Waals surface area contributed by atoms with Crippen molar-refractivity contribution in [1.29, 1.82) is 0 Å². The van der Waals surface area contributed by atoms with E-state index in [1.165, 1.54) is 9.80 Å². The monoisotopic (exact) mass is 367 g/mol. The zero-order valence-corrected chi connectivity index (χ0v) is 15.8. The van der Waals surface area contributed by atoms with Crippen LogP contribution in [-0.4, -0.2) is 70.4 Å². The van der Waals surface area contributed by atoms with Gasteiger partial charge in [0.2, 0.25) is 0 Å². The first-order valence-electron chi connectivity index (χ1n) is 8.74. The molecule has 2 saturated heterocycles. The van der Waals surface area contributed by atoms with Crippen LogP contribution in [0.4, 0.5) is 0 Å². The van der Waals surface area contributed by atoms with Gasteiger partial charge in [-0.2, -0.15) is 0 Å². The lowest BCUT2D eigenvalue weighted by molar-refractivity contribution is -0.149. The number of nitrogens with zero attached hydrogens (tertiary/aromatic N) is 3. The third kappa shape index (κ3) is 4.00. The standard InChI is InChI=1S/C17H25N3O4S/c1-4-19-14(21)13(15(22)20(5-2)17(19)25)11-18-9-7-12(8-10-18)16(23)24-6-3/h11-12H,4-10H2,1-3H3. The molecule has 0 aromatic rings. The fourth-order valence-corrected chi connectivity index (χ4v) is 3.50. The zero-order chi connectivity index (χ0) is 18.6. The number of hydrogen-bond acceptors (Lipinski definition) is 6. The van der Waals surface area contributed by atoms with Crippen LogP contribution in [0.1, 0.15) is 33.6 Å². The van der Waals surface area contributed by atoms with Crippen LogP contribution >= 0.6 is 12.2 Å². The number of thiocarbonyl (C=S) groups is 1. The Morgan fingerprint density at radius 2 is 1.64 bits per heavy atom. The quantitative estimate of drug-likeness (QED) is 0.314. The largest absolute Gasteiger partial charge is 0.466 e. The minimum atomic E-state index is -0.352. The van der Waals surface area contributed by atoms with Crippen LogP contribution in [0.5, 0.6) is 0 Å². The molecule has 0 atom stereocenters. The van der Waals surface area contributed by atoms with Gasteiger partial charge >= 0.3 is 5.97 Å². The number of piperidine rings is 1. The second-order valence-corrected chi connectivity index (χ2v) is 6.35. The summed E-state index contributed by atoms with van der Waals surface area (Å²) < 4.78 is 5.06. The summed E-state index contributed by atoms with van der Waals surface area (Å²) in [6.45, 7) is 7.89. The third-order valence-electron chi connectivity index (χ3n) is 4.51. The molecule has 0 N–H and O–H groups in total. The molecule has 2 aliphatic rings. The van der Waals surface area contributed by atoms with Gasteiger partial charge in [0, 0.05) is 32.4 Å². The lowest BCUT2D eigenvalue weighted by Crippen LogP contribution is -2.56. The maximum Gasteiger partial charge on any atom is 0.309 e. The molecule has 25 heavy (non-hydrogen) atoms. The first kappa shape index (κ1) is 19.4. The Kier molecular flexibility index (Phi) is 6.52. The fraction of sp³-hybridized carbons (Fsp3) is 0.647. The summed E-state index contributed by atoms with van der Waals surface area (Å²) in [6.07, 6.45) is 2.93. The van der Waals surface area contributed by atoms with Crippen molar-refractivity contribution in [2.24, 2.45) is 5.92 Å². The molecule has 0 aromatic heterocycles. The van der Waals surface area contributed by atoms with E-state index in [-0.39, 0.29) is 34.4 Å². The summed E-state index contributed by atoms with van der Waals surface area (Å²) in [6, 6.07) is 0. The summed E-state index contributed by atoms with van der Waals surface area (Å²) in [7, 11) is 0. The van der Waals surface area contributed by atoms with E-state index in [9.17, 15) is 14.4 Å². The SMILES string of the molecule is CCOC(=O)C1CCN(C=C2C(=O)N(CC)C(=S)N(CC)C2=O)CC1. The Balaban J connectivity index is 2.11. The summed E-state index contributed by atoms with van der Waals surface area (Å²) in [5.41, 5.74) is 0.131. The molecular weight excluding hydrogens is 342 g/mol. The van der Waals surface area contributed by atoms with E-state index in [2.05, 4.69) is 0 Å². The van der Waals surface area contributed by atoms with Gasteiger partial charge in [-0.15, -0.1) is 0 Å². The number of amides is 2. The van der Waals surface area contributed by atoms with E-state index in [0.717, 1.165) is 0 Å². The van der Waals surface area contributed by atoms with E-state index < -0.39 is 0 Å². The highest BCUT2D eigenvalue weighted by Gasteiger charge is 2.38. The Morgan fingerprint density at radius 1 is 1.12 bits per heavy atom. The van der Waals surface area contributed by atoms with Crippen LogP contribution in [0.2, 0.25) is 0 Å². The van der Waals surface area contributed by atoms with E-state index in [0.29, 0.717) is 45.6 Å². The van der Waals surface area contributed by atoms with Crippen LogP contribution in [0.25, 0.3) is 0 Å².